The molecule has 5 nitrogen and oxygen atoms in total. The minimum Gasteiger partial charge on any atom is -0.489 e. The van der Waals surface area contributed by atoms with Gasteiger partial charge in [-0.25, -0.2) is 4.39 Å². The number of hydrogen-bond donors (Lipinski definition) is 2. The van der Waals surface area contributed by atoms with Crippen molar-refractivity contribution in [2.24, 2.45) is 0 Å². The highest BCUT2D eigenvalue weighted by atomic mass is 19.1. The van der Waals surface area contributed by atoms with E-state index in [0.29, 0.717) is 31.2 Å². The molecule has 2 rings (SSSR count). The highest BCUT2D eigenvalue weighted by Crippen LogP contribution is 2.27. The lowest BCUT2D eigenvalue weighted by Crippen LogP contribution is -2.40. The van der Waals surface area contributed by atoms with Gasteiger partial charge in [0, 0.05) is 20.1 Å². The first-order chi connectivity index (χ1) is 9.65. The summed E-state index contributed by atoms with van der Waals surface area (Å²) in [4.78, 5) is 12.0. The lowest BCUT2D eigenvalue weighted by molar-refractivity contribution is -0.126. The Morgan fingerprint density at radius 3 is 2.95 bits per heavy atom. The zero-order chi connectivity index (χ0) is 14.4. The second kappa shape index (κ2) is 6.67. The number of nitrogens with one attached hydrogen (secondary N) is 2. The summed E-state index contributed by atoms with van der Waals surface area (Å²) in [5.74, 6) is -0.127. The Balaban J connectivity index is 2.03. The van der Waals surface area contributed by atoms with E-state index in [2.05, 4.69) is 10.6 Å². The van der Waals surface area contributed by atoms with E-state index in [4.69, 9.17) is 9.47 Å². The minimum atomic E-state index is -1.85. The number of benzene rings is 1. The van der Waals surface area contributed by atoms with Gasteiger partial charge in [0.2, 0.25) is 5.67 Å². The number of carbonyl (C=O) groups excluding carboxylic acids is 1. The largest absolute Gasteiger partial charge is 0.489 e. The maximum absolute atomic E-state index is 14.3. The third kappa shape index (κ3) is 3.46. The first kappa shape index (κ1) is 14.7. The second-order valence-electron chi connectivity index (χ2n) is 4.68. The van der Waals surface area contributed by atoms with Crippen molar-refractivity contribution >= 4 is 11.6 Å². The van der Waals surface area contributed by atoms with E-state index in [1.165, 1.54) is 0 Å². The van der Waals surface area contributed by atoms with Gasteiger partial charge >= 0.3 is 0 Å². The van der Waals surface area contributed by atoms with Crippen molar-refractivity contribution in [2.75, 3.05) is 38.7 Å². The number of ether oxygens (including phenoxy) is 2. The van der Waals surface area contributed by atoms with Crippen molar-refractivity contribution in [2.45, 2.75) is 12.1 Å². The molecule has 1 aliphatic rings. The molecule has 6 heteroatoms. The van der Waals surface area contributed by atoms with E-state index in [1.54, 1.807) is 31.4 Å². The fraction of sp³-hybridized carbons (Fsp3) is 0.500. The van der Waals surface area contributed by atoms with Crippen LogP contribution in [0.2, 0.25) is 0 Å². The Kier molecular flexibility index (Phi) is 4.92. The quantitative estimate of drug-likeness (QED) is 0.773. The Morgan fingerprint density at radius 1 is 1.45 bits per heavy atom. The first-order valence-corrected chi connectivity index (χ1v) is 6.57. The maximum atomic E-state index is 14.3. The average molecular weight is 282 g/mol. The third-order valence-corrected chi connectivity index (χ3v) is 3.19. The molecule has 1 aromatic carbocycles. The normalized spacial score (nSPS) is 21.7. The van der Waals surface area contributed by atoms with Crippen molar-refractivity contribution in [1.82, 2.24) is 5.32 Å². The minimum absolute atomic E-state index is 0.0472. The van der Waals surface area contributed by atoms with Crippen LogP contribution in [-0.2, 0) is 9.53 Å². The molecule has 0 radical (unpaired) electrons. The van der Waals surface area contributed by atoms with Crippen molar-refractivity contribution in [3.63, 3.8) is 0 Å². The predicted octanol–water partition coefficient (Wildman–Crippen LogP) is 1.35. The molecule has 20 heavy (non-hydrogen) atoms. The van der Waals surface area contributed by atoms with E-state index in [-0.39, 0.29) is 13.0 Å². The van der Waals surface area contributed by atoms with Crippen LogP contribution in [0, 0.1) is 0 Å². The van der Waals surface area contributed by atoms with Gasteiger partial charge in [0.15, 0.2) is 0 Å². The van der Waals surface area contributed by atoms with Crippen LogP contribution in [0.4, 0.5) is 10.1 Å². The number of para-hydroxylation sites is 2. The summed E-state index contributed by atoms with van der Waals surface area (Å²) in [5, 5.41) is 5.45. The number of halogens is 1. The number of rotatable bonds is 6. The molecule has 0 aliphatic carbocycles. The SMILES string of the molecule is COCCOc1ccccc1NC(=O)[C@]1(F)CCNC1. The molecule has 0 spiro atoms. The lowest BCUT2D eigenvalue weighted by Gasteiger charge is -2.19. The fourth-order valence-corrected chi connectivity index (χ4v) is 2.02. The Bertz CT molecular complexity index is 461. The van der Waals surface area contributed by atoms with Crippen LogP contribution in [-0.4, -0.2) is 45.0 Å². The van der Waals surface area contributed by atoms with Gasteiger partial charge in [-0.2, -0.15) is 0 Å². The number of carbonyl (C=O) groups is 1. The van der Waals surface area contributed by atoms with E-state index in [0.717, 1.165) is 0 Å². The van der Waals surface area contributed by atoms with E-state index < -0.39 is 11.6 Å². The molecule has 1 saturated heterocycles. The van der Waals surface area contributed by atoms with Gasteiger partial charge in [0.05, 0.1) is 12.3 Å². The Morgan fingerprint density at radius 2 is 2.25 bits per heavy atom. The van der Waals surface area contributed by atoms with E-state index in [1.807, 2.05) is 0 Å². The van der Waals surface area contributed by atoms with Gasteiger partial charge in [-0.15, -0.1) is 0 Å². The molecule has 110 valence electrons. The summed E-state index contributed by atoms with van der Waals surface area (Å²) < 4.78 is 24.7. The number of hydrogen-bond acceptors (Lipinski definition) is 4. The molecule has 1 heterocycles. The molecule has 1 amide bonds. The molecule has 0 unspecified atom stereocenters. The number of methoxy groups -OCH3 is 1. The number of alkyl halides is 1. The highest BCUT2D eigenvalue weighted by molar-refractivity contribution is 5.98. The Hall–Kier alpha value is -1.66. The predicted molar refractivity (Wildman–Crippen MR) is 73.8 cm³/mol. The summed E-state index contributed by atoms with van der Waals surface area (Å²) in [6.45, 7) is 1.37. The molecule has 0 aromatic heterocycles. The monoisotopic (exact) mass is 282 g/mol. The summed E-state index contributed by atoms with van der Waals surface area (Å²) in [7, 11) is 1.58. The van der Waals surface area contributed by atoms with Crippen LogP contribution < -0.4 is 15.4 Å². The Labute approximate surface area is 117 Å². The zero-order valence-electron chi connectivity index (χ0n) is 11.4. The van der Waals surface area contributed by atoms with Crippen LogP contribution >= 0.6 is 0 Å². The van der Waals surface area contributed by atoms with Crippen LogP contribution in [0.25, 0.3) is 0 Å². The van der Waals surface area contributed by atoms with Crippen LogP contribution in [0.15, 0.2) is 24.3 Å². The summed E-state index contributed by atoms with van der Waals surface area (Å²) in [6.07, 6.45) is 0.186. The van der Waals surface area contributed by atoms with Gasteiger partial charge in [-0.1, -0.05) is 12.1 Å². The fourth-order valence-electron chi connectivity index (χ4n) is 2.02. The number of anilines is 1. The van der Waals surface area contributed by atoms with Gasteiger partial charge in [0.1, 0.15) is 12.4 Å². The van der Waals surface area contributed by atoms with Gasteiger partial charge in [0.25, 0.3) is 5.91 Å². The lowest BCUT2D eigenvalue weighted by atomic mass is 10.0. The second-order valence-corrected chi connectivity index (χ2v) is 4.68. The van der Waals surface area contributed by atoms with Crippen LogP contribution in [0.1, 0.15) is 6.42 Å². The van der Waals surface area contributed by atoms with E-state index >= 15 is 0 Å². The molecule has 0 saturated carbocycles. The molecule has 1 aromatic rings. The molecule has 0 bridgehead atoms. The highest BCUT2D eigenvalue weighted by Gasteiger charge is 2.41. The third-order valence-electron chi connectivity index (χ3n) is 3.19. The van der Waals surface area contributed by atoms with Gasteiger partial charge in [-0.05, 0) is 18.7 Å². The first-order valence-electron chi connectivity index (χ1n) is 6.57. The van der Waals surface area contributed by atoms with Crippen LogP contribution in [0.5, 0.6) is 5.75 Å². The van der Waals surface area contributed by atoms with Gasteiger partial charge < -0.3 is 20.1 Å². The number of amides is 1. The molecule has 1 aliphatic heterocycles. The van der Waals surface area contributed by atoms with Crippen molar-refractivity contribution in [3.8, 4) is 5.75 Å². The molecular weight excluding hydrogens is 263 g/mol. The van der Waals surface area contributed by atoms with Crippen LogP contribution in [0.3, 0.4) is 0 Å². The smallest absolute Gasteiger partial charge is 0.263 e. The van der Waals surface area contributed by atoms with Gasteiger partial charge in [-0.3, -0.25) is 4.79 Å². The summed E-state index contributed by atoms with van der Waals surface area (Å²) >= 11 is 0. The summed E-state index contributed by atoms with van der Waals surface area (Å²) in [6, 6.07) is 6.96. The van der Waals surface area contributed by atoms with Crippen molar-refractivity contribution in [1.29, 1.82) is 0 Å². The molecule has 1 fully saturated rings. The zero-order valence-corrected chi connectivity index (χ0v) is 11.4. The summed E-state index contributed by atoms with van der Waals surface area (Å²) in [5.41, 5.74) is -1.38. The molecule has 1 atom stereocenters. The average Bonchev–Trinajstić information content (AvgIpc) is 2.89. The topological polar surface area (TPSA) is 59.6 Å². The van der Waals surface area contributed by atoms with Crippen molar-refractivity contribution in [3.05, 3.63) is 24.3 Å². The molecule has 2 N–H and O–H groups in total. The van der Waals surface area contributed by atoms with E-state index in [9.17, 15) is 9.18 Å². The standard InChI is InChI=1S/C14H19FN2O3/c1-19-8-9-20-12-5-3-2-4-11(12)17-13(18)14(15)6-7-16-10-14/h2-5,16H,6-10H2,1H3,(H,17,18)/t14-/m0/s1. The maximum Gasteiger partial charge on any atom is 0.263 e. The molecular formula is C14H19FN2O3. The van der Waals surface area contributed by atoms with Crippen molar-refractivity contribution < 1.29 is 18.7 Å².